The zero-order valence-electron chi connectivity index (χ0n) is 21.5. The second kappa shape index (κ2) is 9.07. The smallest absolute Gasteiger partial charge is 0.328 e. The molecular formula is C28H25FN6O3S. The Labute approximate surface area is 223 Å². The van der Waals surface area contributed by atoms with Gasteiger partial charge in [-0.2, -0.15) is 0 Å². The Balaban J connectivity index is 1.62. The van der Waals surface area contributed by atoms with Gasteiger partial charge < -0.3 is 4.57 Å². The van der Waals surface area contributed by atoms with Crippen molar-refractivity contribution in [2.75, 3.05) is 7.05 Å². The molecule has 6 aromatic rings. The standard InChI is InChI=1S/C28H25FN6O3S/c1-30-39(37,38)21-10-11-22-25(16-21)35(20-9-12-23-26(15-20)33(3)28(36)32(23)2)27(31-22)24-8-5-13-34(24)17-18-6-4-7-19(29)14-18/h4-16,30H,17H2,1-3H3. The maximum Gasteiger partial charge on any atom is 0.328 e. The van der Waals surface area contributed by atoms with E-state index < -0.39 is 10.0 Å². The third-order valence-electron chi connectivity index (χ3n) is 7.02. The first-order valence-corrected chi connectivity index (χ1v) is 13.7. The molecule has 0 fully saturated rings. The molecule has 198 valence electrons. The van der Waals surface area contributed by atoms with Crippen molar-refractivity contribution in [1.82, 2.24) is 28.0 Å². The lowest BCUT2D eigenvalue weighted by molar-refractivity contribution is 0.588. The van der Waals surface area contributed by atoms with Crippen LogP contribution < -0.4 is 10.4 Å². The van der Waals surface area contributed by atoms with Crippen molar-refractivity contribution < 1.29 is 12.8 Å². The fourth-order valence-electron chi connectivity index (χ4n) is 4.99. The Hall–Kier alpha value is -4.48. The average molecular weight is 545 g/mol. The summed E-state index contributed by atoms with van der Waals surface area (Å²) >= 11 is 0. The first-order valence-electron chi connectivity index (χ1n) is 12.2. The summed E-state index contributed by atoms with van der Waals surface area (Å²) in [5.41, 5.74) is 4.78. The van der Waals surface area contributed by atoms with E-state index in [1.807, 2.05) is 51.7 Å². The molecule has 0 aliphatic rings. The zero-order chi connectivity index (χ0) is 27.5. The van der Waals surface area contributed by atoms with Gasteiger partial charge in [-0.15, -0.1) is 0 Å². The number of aromatic nitrogens is 5. The molecular weight excluding hydrogens is 519 g/mol. The maximum absolute atomic E-state index is 13.9. The number of hydrogen-bond donors (Lipinski definition) is 1. The monoisotopic (exact) mass is 544 g/mol. The lowest BCUT2D eigenvalue weighted by Crippen LogP contribution is -2.19. The molecule has 6 rings (SSSR count). The van der Waals surface area contributed by atoms with Crippen molar-refractivity contribution in [2.45, 2.75) is 11.4 Å². The van der Waals surface area contributed by atoms with E-state index in [0.717, 1.165) is 22.3 Å². The van der Waals surface area contributed by atoms with Gasteiger partial charge in [-0.05, 0) is 73.3 Å². The first-order chi connectivity index (χ1) is 18.7. The first kappa shape index (κ1) is 24.8. The maximum atomic E-state index is 13.9. The van der Waals surface area contributed by atoms with Gasteiger partial charge in [-0.25, -0.2) is 27.3 Å². The molecule has 0 saturated heterocycles. The van der Waals surface area contributed by atoms with Crippen LogP contribution in [-0.2, 0) is 30.7 Å². The van der Waals surface area contributed by atoms with Crippen molar-refractivity contribution in [3.8, 4) is 17.2 Å². The normalized spacial score (nSPS) is 12.1. The SMILES string of the molecule is CNS(=O)(=O)c1ccc2nc(-c3cccn3Cc3cccc(F)c3)n(-c3ccc4c(c3)n(C)c(=O)n4C)c2c1. The summed E-state index contributed by atoms with van der Waals surface area (Å²) in [5, 5.41) is 0. The van der Waals surface area contributed by atoms with E-state index in [9.17, 15) is 17.6 Å². The van der Waals surface area contributed by atoms with E-state index >= 15 is 0 Å². The molecule has 3 heterocycles. The largest absolute Gasteiger partial charge is 0.341 e. The van der Waals surface area contributed by atoms with Crippen LogP contribution in [0.25, 0.3) is 39.3 Å². The van der Waals surface area contributed by atoms with Gasteiger partial charge >= 0.3 is 5.69 Å². The lowest BCUT2D eigenvalue weighted by Gasteiger charge is -2.13. The minimum Gasteiger partial charge on any atom is -0.341 e. The zero-order valence-corrected chi connectivity index (χ0v) is 22.3. The van der Waals surface area contributed by atoms with Crippen LogP contribution in [0.4, 0.5) is 4.39 Å². The van der Waals surface area contributed by atoms with Gasteiger partial charge in [0.2, 0.25) is 10.0 Å². The average Bonchev–Trinajstić information content (AvgIpc) is 3.60. The number of nitrogens with one attached hydrogen (secondary N) is 1. The van der Waals surface area contributed by atoms with E-state index in [1.54, 1.807) is 41.4 Å². The number of sulfonamides is 1. The number of rotatable bonds is 6. The van der Waals surface area contributed by atoms with Crippen molar-refractivity contribution in [1.29, 1.82) is 0 Å². The molecule has 3 aromatic carbocycles. The number of nitrogens with zero attached hydrogens (tertiary/aromatic N) is 5. The van der Waals surface area contributed by atoms with Crippen LogP contribution >= 0.6 is 0 Å². The Morgan fingerprint density at radius 3 is 2.46 bits per heavy atom. The lowest BCUT2D eigenvalue weighted by atomic mass is 10.2. The highest BCUT2D eigenvalue weighted by Gasteiger charge is 2.21. The molecule has 0 spiro atoms. The summed E-state index contributed by atoms with van der Waals surface area (Å²) in [6.45, 7) is 0.412. The number of halogens is 1. The van der Waals surface area contributed by atoms with Crippen LogP contribution in [-0.4, -0.2) is 38.7 Å². The van der Waals surface area contributed by atoms with Gasteiger partial charge in [-0.3, -0.25) is 13.7 Å². The molecule has 0 unspecified atom stereocenters. The second-order valence-corrected chi connectivity index (χ2v) is 11.2. The van der Waals surface area contributed by atoms with E-state index in [4.69, 9.17) is 4.98 Å². The summed E-state index contributed by atoms with van der Waals surface area (Å²) in [6.07, 6.45) is 1.89. The van der Waals surface area contributed by atoms with Gasteiger partial charge in [0.15, 0.2) is 5.82 Å². The van der Waals surface area contributed by atoms with Crippen molar-refractivity contribution in [2.24, 2.45) is 14.1 Å². The molecule has 0 aliphatic heterocycles. The van der Waals surface area contributed by atoms with Gasteiger partial charge in [-0.1, -0.05) is 12.1 Å². The van der Waals surface area contributed by atoms with Crippen LogP contribution in [0.1, 0.15) is 5.56 Å². The summed E-state index contributed by atoms with van der Waals surface area (Å²) in [6, 6.07) is 20.6. The van der Waals surface area contributed by atoms with E-state index in [2.05, 4.69) is 4.72 Å². The van der Waals surface area contributed by atoms with Crippen LogP contribution in [0.5, 0.6) is 0 Å². The highest BCUT2D eigenvalue weighted by molar-refractivity contribution is 7.89. The number of benzene rings is 3. The van der Waals surface area contributed by atoms with E-state index in [0.29, 0.717) is 29.1 Å². The molecule has 39 heavy (non-hydrogen) atoms. The molecule has 0 bridgehead atoms. The molecule has 0 radical (unpaired) electrons. The van der Waals surface area contributed by atoms with Crippen molar-refractivity contribution in [3.63, 3.8) is 0 Å². The Morgan fingerprint density at radius 1 is 0.897 bits per heavy atom. The number of hydrogen-bond acceptors (Lipinski definition) is 4. The Kier molecular flexibility index (Phi) is 5.77. The van der Waals surface area contributed by atoms with Gasteiger partial charge in [0.1, 0.15) is 5.82 Å². The number of fused-ring (bicyclic) bond motifs is 2. The molecule has 0 aliphatic carbocycles. The predicted octanol–water partition coefficient (Wildman–Crippen LogP) is 3.78. The molecule has 0 amide bonds. The summed E-state index contributed by atoms with van der Waals surface area (Å²) in [7, 11) is 1.09. The molecule has 1 N–H and O–H groups in total. The summed E-state index contributed by atoms with van der Waals surface area (Å²) in [4.78, 5) is 17.6. The summed E-state index contributed by atoms with van der Waals surface area (Å²) < 4.78 is 48.6. The minimum absolute atomic E-state index is 0.105. The predicted molar refractivity (Wildman–Crippen MR) is 148 cm³/mol. The topological polar surface area (TPSA) is 95.8 Å². The number of imidazole rings is 2. The second-order valence-electron chi connectivity index (χ2n) is 9.35. The van der Waals surface area contributed by atoms with Gasteiger partial charge in [0.25, 0.3) is 0 Å². The third kappa shape index (κ3) is 4.06. The summed E-state index contributed by atoms with van der Waals surface area (Å²) in [5.74, 6) is 0.263. The van der Waals surface area contributed by atoms with Crippen molar-refractivity contribution >= 4 is 32.1 Å². The molecule has 0 atom stereocenters. The molecule has 0 saturated carbocycles. The van der Waals surface area contributed by atoms with Gasteiger partial charge in [0.05, 0.1) is 32.7 Å². The highest BCUT2D eigenvalue weighted by Crippen LogP contribution is 2.32. The van der Waals surface area contributed by atoms with Crippen LogP contribution in [0.15, 0.2) is 88.7 Å². The van der Waals surface area contributed by atoms with Crippen molar-refractivity contribution in [3.05, 3.63) is 101 Å². The number of aryl methyl sites for hydroxylation is 2. The van der Waals surface area contributed by atoms with Crippen LogP contribution in [0, 0.1) is 5.82 Å². The van der Waals surface area contributed by atoms with Gasteiger partial charge in [0, 0.05) is 32.5 Å². The molecule has 11 heteroatoms. The van der Waals surface area contributed by atoms with E-state index in [-0.39, 0.29) is 16.4 Å². The Bertz CT molecular complexity index is 2070. The molecule has 3 aromatic heterocycles. The van der Waals surface area contributed by atoms with E-state index in [1.165, 1.54) is 25.2 Å². The minimum atomic E-state index is -3.71. The van der Waals surface area contributed by atoms with Crippen LogP contribution in [0.3, 0.4) is 0 Å². The fourth-order valence-corrected chi connectivity index (χ4v) is 5.74. The third-order valence-corrected chi connectivity index (χ3v) is 8.43. The quantitative estimate of drug-likeness (QED) is 0.345. The fraction of sp³-hybridized carbons (Fsp3) is 0.143. The van der Waals surface area contributed by atoms with Crippen LogP contribution in [0.2, 0.25) is 0 Å². The highest BCUT2D eigenvalue weighted by atomic mass is 32.2. The Morgan fingerprint density at radius 2 is 1.69 bits per heavy atom. The molecule has 9 nitrogen and oxygen atoms in total.